The van der Waals surface area contributed by atoms with Gasteiger partial charge in [0.1, 0.15) is 0 Å². The standard InChI is InChI=1S/C10H11F2NO2.ClH/c11-9(12)5-8(13)6-1-3-7(4-2-6)10(14)15;/h1-4,8-9H,5,13H2,(H,14,15);1H/t8-;/m0./s1. The Kier molecular flexibility index (Phi) is 5.92. The maximum absolute atomic E-state index is 12.0. The summed E-state index contributed by atoms with van der Waals surface area (Å²) in [5.41, 5.74) is 6.12. The van der Waals surface area contributed by atoms with Gasteiger partial charge in [0.25, 0.3) is 0 Å². The zero-order valence-electron chi connectivity index (χ0n) is 8.27. The van der Waals surface area contributed by atoms with Gasteiger partial charge >= 0.3 is 5.97 Å². The molecular formula is C10H12ClF2NO2. The van der Waals surface area contributed by atoms with Gasteiger partial charge in [0.15, 0.2) is 0 Å². The summed E-state index contributed by atoms with van der Waals surface area (Å²) in [6.45, 7) is 0. The van der Waals surface area contributed by atoms with Gasteiger partial charge < -0.3 is 10.8 Å². The Hall–Kier alpha value is -1.20. The normalized spacial score (nSPS) is 12.0. The van der Waals surface area contributed by atoms with E-state index in [1.54, 1.807) is 0 Å². The van der Waals surface area contributed by atoms with Crippen molar-refractivity contribution in [2.45, 2.75) is 18.9 Å². The van der Waals surface area contributed by atoms with Gasteiger partial charge in [-0.3, -0.25) is 0 Å². The second-order valence-corrected chi connectivity index (χ2v) is 3.16. The Labute approximate surface area is 97.7 Å². The van der Waals surface area contributed by atoms with Gasteiger partial charge in [-0.05, 0) is 17.7 Å². The molecule has 0 saturated heterocycles. The van der Waals surface area contributed by atoms with Gasteiger partial charge in [-0.2, -0.15) is 0 Å². The molecule has 3 nitrogen and oxygen atoms in total. The summed E-state index contributed by atoms with van der Waals surface area (Å²) in [7, 11) is 0. The van der Waals surface area contributed by atoms with E-state index in [2.05, 4.69) is 0 Å². The predicted molar refractivity (Wildman–Crippen MR) is 58.2 cm³/mol. The van der Waals surface area contributed by atoms with E-state index in [4.69, 9.17) is 10.8 Å². The van der Waals surface area contributed by atoms with E-state index in [0.29, 0.717) is 5.56 Å². The highest BCUT2D eigenvalue weighted by molar-refractivity contribution is 5.87. The molecular weight excluding hydrogens is 240 g/mol. The van der Waals surface area contributed by atoms with Gasteiger partial charge in [-0.15, -0.1) is 12.4 Å². The highest BCUT2D eigenvalue weighted by atomic mass is 35.5. The minimum atomic E-state index is -2.46. The van der Waals surface area contributed by atoms with E-state index in [0.717, 1.165) is 0 Å². The average molecular weight is 252 g/mol. The summed E-state index contributed by atoms with van der Waals surface area (Å²) >= 11 is 0. The number of carboxylic acid groups (broad SMARTS) is 1. The minimum absolute atomic E-state index is 0. The van der Waals surface area contributed by atoms with Crippen molar-refractivity contribution in [2.24, 2.45) is 5.73 Å². The number of hydrogen-bond acceptors (Lipinski definition) is 2. The molecule has 1 atom stereocenters. The summed E-state index contributed by atoms with van der Waals surface area (Å²) in [5, 5.41) is 8.61. The van der Waals surface area contributed by atoms with Crippen molar-refractivity contribution in [1.29, 1.82) is 0 Å². The van der Waals surface area contributed by atoms with Crippen LogP contribution < -0.4 is 5.73 Å². The molecule has 0 aromatic heterocycles. The van der Waals surface area contributed by atoms with E-state index in [1.165, 1.54) is 24.3 Å². The summed E-state index contributed by atoms with van der Waals surface area (Å²) in [6, 6.07) is 4.85. The van der Waals surface area contributed by atoms with Crippen LogP contribution in [-0.2, 0) is 0 Å². The lowest BCUT2D eigenvalue weighted by Crippen LogP contribution is -2.14. The molecule has 0 radical (unpaired) electrons. The lowest BCUT2D eigenvalue weighted by molar-refractivity contribution is 0.0696. The van der Waals surface area contributed by atoms with E-state index < -0.39 is 24.9 Å². The molecule has 90 valence electrons. The Morgan fingerprint density at radius 3 is 2.19 bits per heavy atom. The lowest BCUT2D eigenvalue weighted by atomic mass is 10.0. The first kappa shape index (κ1) is 14.8. The number of benzene rings is 1. The fourth-order valence-corrected chi connectivity index (χ4v) is 1.20. The number of halogens is 3. The van der Waals surface area contributed by atoms with Gasteiger partial charge in [0, 0.05) is 12.5 Å². The summed E-state index contributed by atoms with van der Waals surface area (Å²) < 4.78 is 24.0. The molecule has 1 rings (SSSR count). The maximum Gasteiger partial charge on any atom is 0.335 e. The fraction of sp³-hybridized carbons (Fsp3) is 0.300. The van der Waals surface area contributed by atoms with Crippen LogP contribution in [0.25, 0.3) is 0 Å². The molecule has 16 heavy (non-hydrogen) atoms. The molecule has 0 bridgehead atoms. The Morgan fingerprint density at radius 2 is 1.81 bits per heavy atom. The van der Waals surface area contributed by atoms with E-state index in [-0.39, 0.29) is 18.0 Å². The van der Waals surface area contributed by atoms with Crippen LogP contribution in [0.2, 0.25) is 0 Å². The predicted octanol–water partition coefficient (Wildman–Crippen LogP) is 2.46. The topological polar surface area (TPSA) is 63.3 Å². The van der Waals surface area contributed by atoms with E-state index in [1.807, 2.05) is 0 Å². The molecule has 0 aliphatic heterocycles. The quantitative estimate of drug-likeness (QED) is 0.864. The second-order valence-electron chi connectivity index (χ2n) is 3.16. The molecule has 1 aromatic carbocycles. The highest BCUT2D eigenvalue weighted by Crippen LogP contribution is 2.18. The number of carboxylic acids is 1. The number of hydrogen-bond donors (Lipinski definition) is 2. The first-order valence-electron chi connectivity index (χ1n) is 4.37. The zero-order chi connectivity index (χ0) is 11.4. The minimum Gasteiger partial charge on any atom is -0.478 e. The summed E-state index contributed by atoms with van der Waals surface area (Å²) in [4.78, 5) is 10.5. The molecule has 6 heteroatoms. The number of alkyl halides is 2. The molecule has 3 N–H and O–H groups in total. The van der Waals surface area contributed by atoms with Gasteiger partial charge in [0.2, 0.25) is 6.43 Å². The van der Waals surface area contributed by atoms with Crippen molar-refractivity contribution in [1.82, 2.24) is 0 Å². The Morgan fingerprint density at radius 1 is 1.31 bits per heavy atom. The SMILES string of the molecule is Cl.N[C@@H](CC(F)F)c1ccc(C(=O)O)cc1. The van der Waals surface area contributed by atoms with Crippen molar-refractivity contribution in [3.05, 3.63) is 35.4 Å². The largest absolute Gasteiger partial charge is 0.478 e. The summed E-state index contributed by atoms with van der Waals surface area (Å²) in [5.74, 6) is -1.05. The molecule has 0 spiro atoms. The van der Waals surface area contributed by atoms with E-state index in [9.17, 15) is 13.6 Å². The smallest absolute Gasteiger partial charge is 0.335 e. The van der Waals surface area contributed by atoms with Crippen molar-refractivity contribution in [2.75, 3.05) is 0 Å². The number of nitrogens with two attached hydrogens (primary N) is 1. The number of rotatable bonds is 4. The van der Waals surface area contributed by atoms with Crippen LogP contribution in [0.3, 0.4) is 0 Å². The molecule has 0 unspecified atom stereocenters. The van der Waals surface area contributed by atoms with Crippen molar-refractivity contribution in [3.8, 4) is 0 Å². The second kappa shape index (κ2) is 6.40. The molecule has 0 aliphatic rings. The van der Waals surface area contributed by atoms with Crippen LogP contribution in [0.5, 0.6) is 0 Å². The molecule has 0 heterocycles. The third kappa shape index (κ3) is 4.12. The first-order valence-corrected chi connectivity index (χ1v) is 4.37. The summed E-state index contributed by atoms with van der Waals surface area (Å²) in [6.07, 6.45) is -2.88. The van der Waals surface area contributed by atoms with Gasteiger partial charge in [0.05, 0.1) is 5.56 Å². The molecule has 0 aliphatic carbocycles. The Bertz CT molecular complexity index is 343. The van der Waals surface area contributed by atoms with Gasteiger partial charge in [-0.25, -0.2) is 13.6 Å². The third-order valence-electron chi connectivity index (χ3n) is 2.02. The van der Waals surface area contributed by atoms with Crippen LogP contribution in [0.15, 0.2) is 24.3 Å². The highest BCUT2D eigenvalue weighted by Gasteiger charge is 2.13. The van der Waals surface area contributed by atoms with Crippen molar-refractivity contribution >= 4 is 18.4 Å². The van der Waals surface area contributed by atoms with Crippen LogP contribution >= 0.6 is 12.4 Å². The van der Waals surface area contributed by atoms with Crippen LogP contribution in [0.1, 0.15) is 28.4 Å². The average Bonchev–Trinajstić information content (AvgIpc) is 2.17. The Balaban J connectivity index is 0.00000225. The van der Waals surface area contributed by atoms with Gasteiger partial charge in [-0.1, -0.05) is 12.1 Å². The monoisotopic (exact) mass is 251 g/mol. The zero-order valence-corrected chi connectivity index (χ0v) is 9.08. The molecule has 0 fully saturated rings. The lowest BCUT2D eigenvalue weighted by Gasteiger charge is -2.11. The maximum atomic E-state index is 12.0. The number of aromatic carboxylic acids is 1. The van der Waals surface area contributed by atoms with Crippen molar-refractivity contribution in [3.63, 3.8) is 0 Å². The van der Waals surface area contributed by atoms with E-state index >= 15 is 0 Å². The number of carbonyl (C=O) groups is 1. The molecule has 1 aromatic rings. The molecule has 0 amide bonds. The van der Waals surface area contributed by atoms with Crippen LogP contribution in [0, 0.1) is 0 Å². The van der Waals surface area contributed by atoms with Crippen LogP contribution in [-0.4, -0.2) is 17.5 Å². The molecule has 0 saturated carbocycles. The first-order chi connectivity index (χ1) is 7.00. The fourth-order valence-electron chi connectivity index (χ4n) is 1.20. The van der Waals surface area contributed by atoms with Crippen LogP contribution in [0.4, 0.5) is 8.78 Å². The van der Waals surface area contributed by atoms with Crippen molar-refractivity contribution < 1.29 is 18.7 Å². The third-order valence-corrected chi connectivity index (χ3v) is 2.02.